The topological polar surface area (TPSA) is 55.5 Å². The van der Waals surface area contributed by atoms with Crippen molar-refractivity contribution in [1.29, 1.82) is 1.43 Å². The summed E-state index contributed by atoms with van der Waals surface area (Å²) in [4.78, 5) is 3.28. The van der Waals surface area contributed by atoms with E-state index in [2.05, 4.69) is 9.95 Å². The zero-order valence-electron chi connectivity index (χ0n) is 15.4. The minimum absolute atomic E-state index is 0.0655. The Labute approximate surface area is 142 Å². The molecular weight excluding hydrogens is 321 g/mol. The fourth-order valence-electron chi connectivity index (χ4n) is 2.55. The molecule has 1 N–H and O–H groups in total. The Bertz CT molecular complexity index is 411. The molecule has 0 aromatic rings. The van der Waals surface area contributed by atoms with E-state index in [4.69, 9.17) is 21.8 Å². The molecule has 0 amide bonds. The number of rotatable bonds is 10. The highest BCUT2D eigenvalue weighted by molar-refractivity contribution is 7.44. The minimum Gasteiger partial charge on any atom is -0.394 e. The van der Waals surface area contributed by atoms with E-state index in [9.17, 15) is 4.39 Å². The summed E-state index contributed by atoms with van der Waals surface area (Å²) in [6.07, 6.45) is -2.83. The van der Waals surface area contributed by atoms with Crippen LogP contribution in [0.25, 0.3) is 4.85 Å². The minimum atomic E-state index is -1.56. The van der Waals surface area contributed by atoms with Crippen LogP contribution < -0.4 is 0 Å². The van der Waals surface area contributed by atoms with Gasteiger partial charge in [0.25, 0.3) is 8.53 Å². The zero-order chi connectivity index (χ0) is 18.3. The monoisotopic (exact) mass is 349 g/mol. The van der Waals surface area contributed by atoms with Crippen molar-refractivity contribution in [2.24, 2.45) is 0 Å². The molecule has 0 aromatic carbocycles. The Hall–Kier alpha value is -0.285. The smallest absolute Gasteiger partial charge is 0.259 e. The molecule has 1 unspecified atom stereocenters. The molecule has 0 spiro atoms. The average Bonchev–Trinajstić information content (AvgIpc) is 2.74. The lowest BCUT2D eigenvalue weighted by molar-refractivity contribution is -0.00237. The highest BCUT2D eigenvalue weighted by atomic mass is 31.2. The Morgan fingerprint density at radius 3 is 2.65 bits per heavy atom. The van der Waals surface area contributed by atoms with Crippen LogP contribution in [-0.2, 0) is 13.8 Å². The molecule has 6 nitrogen and oxygen atoms in total. The molecule has 0 bridgehead atoms. The van der Waals surface area contributed by atoms with Crippen LogP contribution in [0.2, 0.25) is 0 Å². The van der Waals surface area contributed by atoms with Crippen molar-refractivity contribution in [1.82, 2.24) is 4.67 Å². The molecular formula is C14H27BFN2O4P. The van der Waals surface area contributed by atoms with Crippen molar-refractivity contribution >= 4 is 16.4 Å². The summed E-state index contributed by atoms with van der Waals surface area (Å²) >= 11 is 0. The van der Waals surface area contributed by atoms with Gasteiger partial charge >= 0.3 is 0 Å². The van der Waals surface area contributed by atoms with Crippen molar-refractivity contribution < 1.29 is 23.3 Å². The van der Waals surface area contributed by atoms with Crippen LogP contribution in [-0.4, -0.2) is 75.3 Å². The van der Waals surface area contributed by atoms with Crippen LogP contribution >= 0.6 is 8.53 Å². The van der Waals surface area contributed by atoms with Gasteiger partial charge in [0.2, 0.25) is 7.98 Å². The van der Waals surface area contributed by atoms with Crippen LogP contribution in [0.4, 0.5) is 4.39 Å². The summed E-state index contributed by atoms with van der Waals surface area (Å²) in [5, 5.41) is 4.38. The molecule has 1 fully saturated rings. The van der Waals surface area contributed by atoms with E-state index >= 15 is 0 Å². The van der Waals surface area contributed by atoms with Gasteiger partial charge in [0, 0.05) is 12.1 Å². The number of aliphatic hydroxyl groups excluding tert-OH is 1. The van der Waals surface area contributed by atoms with Gasteiger partial charge in [0.05, 0.1) is 12.6 Å². The third-order valence-electron chi connectivity index (χ3n) is 3.55. The molecule has 1 aliphatic rings. The first-order valence-electron chi connectivity index (χ1n) is 8.33. The second-order valence-corrected chi connectivity index (χ2v) is 7.49. The van der Waals surface area contributed by atoms with E-state index in [1.165, 1.54) is 0 Å². The van der Waals surface area contributed by atoms with E-state index in [1.54, 1.807) is 7.85 Å². The molecule has 0 saturated carbocycles. The summed E-state index contributed by atoms with van der Waals surface area (Å²) < 4.78 is 40.7. The first kappa shape index (κ1) is 19.0. The Morgan fingerprint density at radius 2 is 2.13 bits per heavy atom. The average molecular weight is 349 g/mol. The molecule has 1 rings (SSSR count). The number of nitrogens with zero attached hydrogens (tertiary/aromatic N) is 2. The zero-order valence-corrected chi connectivity index (χ0v) is 15.3. The maximum atomic E-state index is 14.5. The molecule has 1 saturated heterocycles. The lowest BCUT2D eigenvalue weighted by Crippen LogP contribution is -2.39. The van der Waals surface area contributed by atoms with Gasteiger partial charge in [-0.1, -0.05) is 0 Å². The SMILES string of the molecule is [2H]OC[C@H]1O[C@@H](B)[C@@H](F)[C@@H]1OP(OCC[N+]#[C-])N(C(C)C)C(C)C. The third-order valence-corrected chi connectivity index (χ3v) is 5.67. The van der Waals surface area contributed by atoms with Gasteiger partial charge in [0.15, 0.2) is 0 Å². The molecule has 0 radical (unpaired) electrons. The summed E-state index contributed by atoms with van der Waals surface area (Å²) in [7, 11) is 0.0792. The quantitative estimate of drug-likeness (QED) is 0.279. The van der Waals surface area contributed by atoms with Gasteiger partial charge < -0.3 is 23.7 Å². The van der Waals surface area contributed by atoms with E-state index < -0.39 is 32.9 Å². The predicted molar refractivity (Wildman–Crippen MR) is 90.5 cm³/mol. The lowest BCUT2D eigenvalue weighted by Gasteiger charge is -2.37. The molecule has 23 heavy (non-hydrogen) atoms. The Morgan fingerprint density at radius 1 is 1.48 bits per heavy atom. The normalized spacial score (nSPS) is 30.0. The lowest BCUT2D eigenvalue weighted by atomic mass is 9.94. The van der Waals surface area contributed by atoms with Gasteiger partial charge in [-0.2, -0.15) is 0 Å². The highest BCUT2D eigenvalue weighted by Crippen LogP contribution is 2.49. The summed E-state index contributed by atoms with van der Waals surface area (Å²) in [5.41, 5.74) is 0. The van der Waals surface area contributed by atoms with Gasteiger partial charge in [-0.15, -0.1) is 0 Å². The summed E-state index contributed by atoms with van der Waals surface area (Å²) in [6, 6.07) is -0.359. The number of aliphatic hydroxyl groups is 1. The standard InChI is InChI=1S/C14H27BFN2O4P/c1-9(2)18(10(3)4)23(20-7-6-17-5)22-13-11(8-19)21-14(15)12(13)16/h9-14,19H,6-8,15H2,1-4H3/t11-,12+,13-,14-,23?/m1/s1/i19D. The Balaban J connectivity index is 2.90. The van der Waals surface area contributed by atoms with Gasteiger partial charge in [-0.3, -0.25) is 0 Å². The van der Waals surface area contributed by atoms with Crippen LogP contribution in [0.3, 0.4) is 0 Å². The van der Waals surface area contributed by atoms with Gasteiger partial charge in [0.1, 0.15) is 32.8 Å². The van der Waals surface area contributed by atoms with E-state index in [-0.39, 0.29) is 31.8 Å². The molecule has 5 atom stereocenters. The second-order valence-electron chi connectivity index (χ2n) is 6.08. The molecule has 0 aliphatic carbocycles. The van der Waals surface area contributed by atoms with Crippen molar-refractivity contribution in [2.45, 2.75) is 64.2 Å². The number of hydrogen-bond donors (Lipinski definition) is 1. The van der Waals surface area contributed by atoms with Crippen molar-refractivity contribution in [2.75, 3.05) is 19.8 Å². The summed E-state index contributed by atoms with van der Waals surface area (Å²) in [5.74, 6) is 0. The van der Waals surface area contributed by atoms with Crippen LogP contribution in [0.1, 0.15) is 27.7 Å². The first-order chi connectivity index (χ1) is 11.3. The Kier molecular flexibility index (Phi) is 8.18. The largest absolute Gasteiger partial charge is 0.394 e. The third kappa shape index (κ3) is 5.63. The molecule has 9 heteroatoms. The van der Waals surface area contributed by atoms with Gasteiger partial charge in [-0.25, -0.2) is 15.6 Å². The maximum absolute atomic E-state index is 14.5. The van der Waals surface area contributed by atoms with Crippen molar-refractivity contribution in [3.63, 3.8) is 0 Å². The predicted octanol–water partition coefficient (Wildman–Crippen LogP) is 1.34. The fraction of sp³-hybridized carbons (Fsp3) is 0.929. The van der Waals surface area contributed by atoms with Crippen molar-refractivity contribution in [3.8, 4) is 0 Å². The summed E-state index contributed by atoms with van der Waals surface area (Å²) in [6.45, 7) is 15.3. The second kappa shape index (κ2) is 9.88. The van der Waals surface area contributed by atoms with Crippen LogP contribution in [0.5, 0.6) is 0 Å². The van der Waals surface area contributed by atoms with E-state index in [0.717, 1.165) is 0 Å². The first-order valence-corrected chi connectivity index (χ1v) is 9.05. The maximum Gasteiger partial charge on any atom is 0.259 e. The molecule has 1 heterocycles. The highest BCUT2D eigenvalue weighted by Gasteiger charge is 2.46. The van der Waals surface area contributed by atoms with E-state index in [1.807, 2.05) is 32.4 Å². The van der Waals surface area contributed by atoms with Crippen LogP contribution in [0, 0.1) is 6.57 Å². The number of hydrogen-bond acceptors (Lipinski definition) is 5. The number of alkyl halides is 1. The molecule has 0 aromatic heterocycles. The molecule has 1 aliphatic heterocycles. The van der Waals surface area contributed by atoms with Crippen molar-refractivity contribution in [3.05, 3.63) is 11.4 Å². The van der Waals surface area contributed by atoms with Crippen LogP contribution in [0.15, 0.2) is 0 Å². The fourth-order valence-corrected chi connectivity index (χ4v) is 4.31. The number of ether oxygens (including phenoxy) is 1. The number of halogens is 1. The van der Waals surface area contributed by atoms with E-state index in [0.29, 0.717) is 0 Å². The molecule has 132 valence electrons. The van der Waals surface area contributed by atoms with Gasteiger partial charge in [-0.05, 0) is 27.7 Å².